The van der Waals surface area contributed by atoms with E-state index >= 15 is 0 Å². The van der Waals surface area contributed by atoms with Crippen LogP contribution in [-0.2, 0) is 23.7 Å². The lowest BCUT2D eigenvalue weighted by Gasteiger charge is -2.26. The van der Waals surface area contributed by atoms with Crippen molar-refractivity contribution in [1.29, 1.82) is 0 Å². The zero-order valence-corrected chi connectivity index (χ0v) is 11.8. The first-order chi connectivity index (χ1) is 8.84. The van der Waals surface area contributed by atoms with Gasteiger partial charge in [-0.2, -0.15) is 0 Å². The van der Waals surface area contributed by atoms with Crippen LogP contribution in [0.2, 0.25) is 0 Å². The summed E-state index contributed by atoms with van der Waals surface area (Å²) < 4.78 is 21.6. The molecule has 110 valence electrons. The molecule has 0 aromatic rings. The van der Waals surface area contributed by atoms with Crippen LogP contribution >= 0.6 is 0 Å². The highest BCUT2D eigenvalue weighted by Crippen LogP contribution is 2.37. The summed E-state index contributed by atoms with van der Waals surface area (Å²) in [6.07, 6.45) is -1.37. The fraction of sp³-hybridized carbons (Fsp3) is 0.923. The van der Waals surface area contributed by atoms with E-state index < -0.39 is 24.0 Å². The number of rotatable bonds is 3. The number of aliphatic hydroxyl groups is 1. The quantitative estimate of drug-likeness (QED) is 0.754. The number of ether oxygens (including phenoxy) is 4. The Morgan fingerprint density at radius 1 is 1.47 bits per heavy atom. The first kappa shape index (κ1) is 14.7. The van der Waals surface area contributed by atoms with Crippen LogP contribution in [0.3, 0.4) is 0 Å². The maximum atomic E-state index is 11.5. The molecular formula is C13H22O6. The van der Waals surface area contributed by atoms with Crippen molar-refractivity contribution in [2.24, 2.45) is 5.92 Å². The second kappa shape index (κ2) is 5.36. The van der Waals surface area contributed by atoms with Gasteiger partial charge in [0.1, 0.15) is 6.10 Å². The van der Waals surface area contributed by atoms with Gasteiger partial charge in [-0.15, -0.1) is 0 Å². The molecule has 0 aromatic heterocycles. The molecule has 0 aromatic carbocycles. The summed E-state index contributed by atoms with van der Waals surface area (Å²) in [7, 11) is 1.25. The van der Waals surface area contributed by atoms with Crippen LogP contribution in [0.25, 0.3) is 0 Å². The molecule has 0 amide bonds. The Balaban J connectivity index is 2.08. The zero-order valence-electron chi connectivity index (χ0n) is 11.8. The molecule has 0 radical (unpaired) electrons. The summed E-state index contributed by atoms with van der Waals surface area (Å²) in [5, 5.41) is 10.0. The minimum absolute atomic E-state index is 0.0263. The molecular weight excluding hydrogens is 252 g/mol. The first-order valence-corrected chi connectivity index (χ1v) is 6.57. The molecule has 6 heteroatoms. The lowest BCUT2D eigenvalue weighted by atomic mass is 9.90. The first-order valence-electron chi connectivity index (χ1n) is 6.57. The topological polar surface area (TPSA) is 74.2 Å². The largest absolute Gasteiger partial charge is 0.467 e. The summed E-state index contributed by atoms with van der Waals surface area (Å²) in [6.45, 7) is 6.05. The molecule has 0 saturated carbocycles. The van der Waals surface area contributed by atoms with E-state index in [-0.39, 0.29) is 18.1 Å². The number of esters is 1. The molecule has 1 N–H and O–H groups in total. The van der Waals surface area contributed by atoms with Crippen LogP contribution in [-0.4, -0.2) is 55.0 Å². The third-order valence-corrected chi connectivity index (χ3v) is 3.68. The standard InChI is InChI=1S/C13H22O6/c1-7-5-8(9-6-17-13(2,3)19-9)11(18-7)10(14)12(15)16-4/h7-11,14H,5-6H2,1-4H3/t7?,8-,9-,10-,11+/m1/s1. The lowest BCUT2D eigenvalue weighted by molar-refractivity contribution is -0.166. The molecule has 2 saturated heterocycles. The highest BCUT2D eigenvalue weighted by Gasteiger charge is 2.49. The molecule has 0 aliphatic carbocycles. The number of methoxy groups -OCH3 is 1. The van der Waals surface area contributed by atoms with Crippen molar-refractivity contribution in [3.8, 4) is 0 Å². The molecule has 0 spiro atoms. The maximum absolute atomic E-state index is 11.5. The Morgan fingerprint density at radius 2 is 2.16 bits per heavy atom. The van der Waals surface area contributed by atoms with Gasteiger partial charge in [-0.3, -0.25) is 0 Å². The van der Waals surface area contributed by atoms with Gasteiger partial charge in [-0.05, 0) is 27.2 Å². The van der Waals surface area contributed by atoms with Gasteiger partial charge in [0.25, 0.3) is 0 Å². The zero-order chi connectivity index (χ0) is 14.2. The SMILES string of the molecule is COC(=O)[C@H](O)[C@H]1OC(C)C[C@@H]1[C@H]1COC(C)(C)O1. The molecule has 2 heterocycles. The van der Waals surface area contributed by atoms with Gasteiger partial charge in [0.2, 0.25) is 0 Å². The summed E-state index contributed by atoms with van der Waals surface area (Å²) in [5.41, 5.74) is 0. The fourth-order valence-corrected chi connectivity index (χ4v) is 2.80. The van der Waals surface area contributed by atoms with E-state index in [9.17, 15) is 9.90 Å². The highest BCUT2D eigenvalue weighted by atomic mass is 16.7. The average Bonchev–Trinajstić information content (AvgIpc) is 2.90. The van der Waals surface area contributed by atoms with Crippen LogP contribution < -0.4 is 0 Å². The van der Waals surface area contributed by atoms with Crippen molar-refractivity contribution in [3.63, 3.8) is 0 Å². The van der Waals surface area contributed by atoms with Crippen molar-refractivity contribution >= 4 is 5.97 Å². The van der Waals surface area contributed by atoms with Gasteiger partial charge in [-0.1, -0.05) is 0 Å². The third kappa shape index (κ3) is 3.08. The van der Waals surface area contributed by atoms with Gasteiger partial charge < -0.3 is 24.1 Å². The molecule has 6 nitrogen and oxygen atoms in total. The fourth-order valence-electron chi connectivity index (χ4n) is 2.80. The number of carbonyl (C=O) groups is 1. The van der Waals surface area contributed by atoms with E-state index in [0.717, 1.165) is 6.42 Å². The second-order valence-corrected chi connectivity index (χ2v) is 5.65. The Morgan fingerprint density at radius 3 is 2.68 bits per heavy atom. The molecule has 1 unspecified atom stereocenters. The highest BCUT2D eigenvalue weighted by molar-refractivity contribution is 5.75. The van der Waals surface area contributed by atoms with Crippen molar-refractivity contribution in [2.45, 2.75) is 57.4 Å². The smallest absolute Gasteiger partial charge is 0.337 e. The number of carbonyl (C=O) groups excluding carboxylic acids is 1. The van der Waals surface area contributed by atoms with Gasteiger partial charge in [0.15, 0.2) is 11.9 Å². The van der Waals surface area contributed by atoms with E-state index in [4.69, 9.17) is 14.2 Å². The van der Waals surface area contributed by atoms with Crippen LogP contribution in [0.5, 0.6) is 0 Å². The van der Waals surface area contributed by atoms with Gasteiger partial charge in [-0.25, -0.2) is 4.79 Å². The summed E-state index contributed by atoms with van der Waals surface area (Å²) in [4.78, 5) is 11.5. The summed E-state index contributed by atoms with van der Waals surface area (Å²) in [6, 6.07) is 0. The van der Waals surface area contributed by atoms with E-state index in [2.05, 4.69) is 4.74 Å². The van der Waals surface area contributed by atoms with E-state index in [1.165, 1.54) is 7.11 Å². The van der Waals surface area contributed by atoms with Gasteiger partial charge >= 0.3 is 5.97 Å². The van der Waals surface area contributed by atoms with Crippen LogP contribution in [0.15, 0.2) is 0 Å². The number of hydrogen-bond acceptors (Lipinski definition) is 6. The summed E-state index contributed by atoms with van der Waals surface area (Å²) >= 11 is 0. The van der Waals surface area contributed by atoms with E-state index in [0.29, 0.717) is 6.61 Å². The summed E-state index contributed by atoms with van der Waals surface area (Å²) in [5.74, 6) is -1.38. The molecule has 2 fully saturated rings. The Labute approximate surface area is 113 Å². The van der Waals surface area contributed by atoms with Crippen molar-refractivity contribution in [2.75, 3.05) is 13.7 Å². The predicted octanol–water partition coefficient (Wildman–Crippen LogP) is 0.465. The minimum Gasteiger partial charge on any atom is -0.467 e. The third-order valence-electron chi connectivity index (χ3n) is 3.68. The van der Waals surface area contributed by atoms with Gasteiger partial charge in [0.05, 0.1) is 25.9 Å². The number of aliphatic hydroxyl groups excluding tert-OH is 1. The number of hydrogen-bond donors (Lipinski definition) is 1. The Kier molecular flexibility index (Phi) is 4.15. The van der Waals surface area contributed by atoms with Crippen LogP contribution in [0.1, 0.15) is 27.2 Å². The van der Waals surface area contributed by atoms with Crippen molar-refractivity contribution in [1.82, 2.24) is 0 Å². The lowest BCUT2D eigenvalue weighted by Crippen LogP contribution is -2.43. The molecule has 2 aliphatic heterocycles. The average molecular weight is 274 g/mol. The Bertz CT molecular complexity index is 342. The normalized spacial score (nSPS) is 39.2. The molecule has 2 aliphatic rings. The Hall–Kier alpha value is -0.690. The van der Waals surface area contributed by atoms with Crippen LogP contribution in [0, 0.1) is 5.92 Å². The molecule has 2 rings (SSSR count). The van der Waals surface area contributed by atoms with Crippen molar-refractivity contribution in [3.05, 3.63) is 0 Å². The molecule has 5 atom stereocenters. The van der Waals surface area contributed by atoms with Crippen LogP contribution in [0.4, 0.5) is 0 Å². The monoisotopic (exact) mass is 274 g/mol. The minimum atomic E-state index is -1.28. The van der Waals surface area contributed by atoms with E-state index in [1.807, 2.05) is 20.8 Å². The maximum Gasteiger partial charge on any atom is 0.337 e. The van der Waals surface area contributed by atoms with E-state index in [1.54, 1.807) is 0 Å². The van der Waals surface area contributed by atoms with Gasteiger partial charge in [0, 0.05) is 5.92 Å². The molecule has 0 bridgehead atoms. The predicted molar refractivity (Wildman–Crippen MR) is 65.4 cm³/mol. The second-order valence-electron chi connectivity index (χ2n) is 5.65. The molecule has 19 heavy (non-hydrogen) atoms. The van der Waals surface area contributed by atoms with Crippen molar-refractivity contribution < 1.29 is 28.8 Å².